The largest absolute Gasteiger partial charge is 0.490 e. The van der Waals surface area contributed by atoms with Crippen LogP contribution in [-0.4, -0.2) is 19.1 Å². The van der Waals surface area contributed by atoms with E-state index in [1.54, 1.807) is 24.3 Å². The molecule has 120 valence electrons. The number of amides is 1. The fraction of sp³-hybridized carbons (Fsp3) is 0.118. The third-order valence-corrected chi connectivity index (χ3v) is 3.43. The lowest BCUT2D eigenvalue weighted by atomic mass is 10.3. The van der Waals surface area contributed by atoms with E-state index in [0.29, 0.717) is 22.3 Å². The number of benzene rings is 2. The Morgan fingerprint density at radius 2 is 1.91 bits per heavy atom. The molecule has 0 aromatic heterocycles. The summed E-state index contributed by atoms with van der Waals surface area (Å²) in [7, 11) is 0. The van der Waals surface area contributed by atoms with Gasteiger partial charge in [-0.1, -0.05) is 35.9 Å². The zero-order valence-electron chi connectivity index (χ0n) is 12.3. The molecule has 0 unspecified atom stereocenters. The van der Waals surface area contributed by atoms with Gasteiger partial charge in [-0.2, -0.15) is 0 Å². The maximum absolute atomic E-state index is 11.9. The molecule has 6 heteroatoms. The highest BCUT2D eigenvalue weighted by Crippen LogP contribution is 2.25. The smallest absolute Gasteiger partial charge is 0.243 e. The average Bonchev–Trinajstić information content (AvgIpc) is 2.54. The lowest BCUT2D eigenvalue weighted by Crippen LogP contribution is -2.21. The highest BCUT2D eigenvalue weighted by atomic mass is 35.5. The molecule has 0 bridgehead atoms. The molecule has 1 amide bonds. The predicted molar refractivity (Wildman–Crippen MR) is 95.7 cm³/mol. The molecule has 0 fully saturated rings. The van der Waals surface area contributed by atoms with Crippen LogP contribution in [0.5, 0.6) is 5.75 Å². The van der Waals surface area contributed by atoms with Gasteiger partial charge in [0.15, 0.2) is 0 Å². The van der Waals surface area contributed by atoms with E-state index in [0.717, 1.165) is 11.4 Å². The van der Waals surface area contributed by atoms with Gasteiger partial charge in [0.25, 0.3) is 0 Å². The summed E-state index contributed by atoms with van der Waals surface area (Å²) in [5, 5.41) is 6.66. The minimum atomic E-state index is -0.207. The van der Waals surface area contributed by atoms with Gasteiger partial charge in [0.1, 0.15) is 12.4 Å². The van der Waals surface area contributed by atoms with Crippen molar-refractivity contribution in [3.63, 3.8) is 0 Å². The molecule has 0 aliphatic rings. The fourth-order valence-corrected chi connectivity index (χ4v) is 2.25. The molecule has 0 spiro atoms. The average molecular weight is 351 g/mol. The van der Waals surface area contributed by atoms with Crippen molar-refractivity contribution in [2.45, 2.75) is 0 Å². The molecule has 0 aliphatic heterocycles. The van der Waals surface area contributed by atoms with Gasteiger partial charge in [0.05, 0.1) is 17.3 Å². The lowest BCUT2D eigenvalue weighted by molar-refractivity contribution is -0.114. The second-order valence-electron chi connectivity index (χ2n) is 4.65. The van der Waals surface area contributed by atoms with Crippen LogP contribution in [-0.2, 0) is 4.79 Å². The van der Waals surface area contributed by atoms with Crippen LogP contribution in [0.1, 0.15) is 0 Å². The van der Waals surface area contributed by atoms with E-state index in [1.165, 1.54) is 0 Å². The fourth-order valence-electron chi connectivity index (χ4n) is 1.79. The third kappa shape index (κ3) is 5.51. The summed E-state index contributed by atoms with van der Waals surface area (Å²) < 4.78 is 5.39. The van der Waals surface area contributed by atoms with Crippen LogP contribution in [0.3, 0.4) is 0 Å². The Kier molecular flexibility index (Phi) is 6.32. The second kappa shape index (κ2) is 8.46. The molecule has 0 atom stereocenters. The molecule has 2 N–H and O–H groups in total. The number of hydrogen-bond acceptors (Lipinski definition) is 3. The summed E-state index contributed by atoms with van der Waals surface area (Å²) in [6.07, 6.45) is 1.68. The molecule has 0 heterocycles. The molecule has 0 saturated heterocycles. The molecular weight excluding hydrogens is 335 g/mol. The Morgan fingerprint density at radius 1 is 1.17 bits per heavy atom. The molecule has 2 rings (SSSR count). The van der Waals surface area contributed by atoms with Gasteiger partial charge in [-0.25, -0.2) is 0 Å². The molecule has 2 aromatic rings. The molecular formula is C17H16Cl2N2O2. The van der Waals surface area contributed by atoms with Gasteiger partial charge in [-0.3, -0.25) is 4.79 Å². The van der Waals surface area contributed by atoms with Crippen LogP contribution >= 0.6 is 23.2 Å². The zero-order valence-corrected chi connectivity index (χ0v) is 13.8. The number of rotatable bonds is 7. The first-order chi connectivity index (χ1) is 11.1. The standard InChI is InChI=1S/C17H16Cl2N2O2/c1-2-9-23-14-6-4-13(5-7-14)20-11-17(22)21-16-8-3-12(18)10-15(16)19/h2-8,10,20H,1,9,11H2,(H,21,22). The van der Waals surface area contributed by atoms with Crippen LogP contribution in [0.4, 0.5) is 11.4 Å². The minimum Gasteiger partial charge on any atom is -0.490 e. The van der Waals surface area contributed by atoms with Gasteiger partial charge >= 0.3 is 0 Å². The second-order valence-corrected chi connectivity index (χ2v) is 5.49. The molecule has 23 heavy (non-hydrogen) atoms. The van der Waals surface area contributed by atoms with Gasteiger partial charge in [0.2, 0.25) is 5.91 Å². The first kappa shape index (κ1) is 17.2. The molecule has 4 nitrogen and oxygen atoms in total. The number of nitrogens with one attached hydrogen (secondary N) is 2. The first-order valence-corrected chi connectivity index (χ1v) is 7.66. The third-order valence-electron chi connectivity index (χ3n) is 2.88. The number of ether oxygens (including phenoxy) is 1. The van der Waals surface area contributed by atoms with Crippen molar-refractivity contribution in [1.82, 2.24) is 0 Å². The Labute approximate surface area is 145 Å². The van der Waals surface area contributed by atoms with E-state index in [1.807, 2.05) is 24.3 Å². The summed E-state index contributed by atoms with van der Waals surface area (Å²) in [5.41, 5.74) is 1.34. The van der Waals surface area contributed by atoms with Crippen molar-refractivity contribution >= 4 is 40.5 Å². The van der Waals surface area contributed by atoms with E-state index >= 15 is 0 Å². The monoisotopic (exact) mass is 350 g/mol. The summed E-state index contributed by atoms with van der Waals surface area (Å²) in [4.78, 5) is 11.9. The molecule has 0 aliphatic carbocycles. The molecule has 0 saturated carbocycles. The topological polar surface area (TPSA) is 50.4 Å². The maximum Gasteiger partial charge on any atom is 0.243 e. The van der Waals surface area contributed by atoms with Crippen molar-refractivity contribution in [2.24, 2.45) is 0 Å². The molecule has 0 radical (unpaired) electrons. The summed E-state index contributed by atoms with van der Waals surface area (Å²) in [6.45, 7) is 4.16. The number of carbonyl (C=O) groups is 1. The van der Waals surface area contributed by atoms with Crippen LogP contribution in [0.25, 0.3) is 0 Å². The Hall–Kier alpha value is -2.17. The van der Waals surface area contributed by atoms with Gasteiger partial charge in [-0.15, -0.1) is 0 Å². The minimum absolute atomic E-state index is 0.117. The van der Waals surface area contributed by atoms with Gasteiger partial charge in [-0.05, 0) is 42.5 Å². The van der Waals surface area contributed by atoms with Crippen molar-refractivity contribution < 1.29 is 9.53 Å². The normalized spacial score (nSPS) is 10.0. The number of halogens is 2. The number of hydrogen-bond donors (Lipinski definition) is 2. The van der Waals surface area contributed by atoms with E-state index < -0.39 is 0 Å². The quantitative estimate of drug-likeness (QED) is 0.717. The molecule has 2 aromatic carbocycles. The first-order valence-electron chi connectivity index (χ1n) is 6.91. The van der Waals surface area contributed by atoms with Crippen LogP contribution < -0.4 is 15.4 Å². The number of carbonyl (C=O) groups excluding carboxylic acids is 1. The van der Waals surface area contributed by atoms with Crippen LogP contribution in [0.2, 0.25) is 10.0 Å². The highest BCUT2D eigenvalue weighted by molar-refractivity contribution is 6.36. The van der Waals surface area contributed by atoms with Crippen molar-refractivity contribution in [3.05, 3.63) is 65.2 Å². The summed E-state index contributed by atoms with van der Waals surface area (Å²) in [5.74, 6) is 0.536. The van der Waals surface area contributed by atoms with E-state index in [9.17, 15) is 4.79 Å². The van der Waals surface area contributed by atoms with Crippen molar-refractivity contribution in [1.29, 1.82) is 0 Å². The van der Waals surface area contributed by atoms with E-state index in [2.05, 4.69) is 17.2 Å². The van der Waals surface area contributed by atoms with E-state index in [4.69, 9.17) is 27.9 Å². The van der Waals surface area contributed by atoms with E-state index in [-0.39, 0.29) is 12.5 Å². The summed E-state index contributed by atoms with van der Waals surface area (Å²) in [6, 6.07) is 12.2. The maximum atomic E-state index is 11.9. The predicted octanol–water partition coefficient (Wildman–Crippen LogP) is 4.61. The van der Waals surface area contributed by atoms with Crippen molar-refractivity contribution in [3.8, 4) is 5.75 Å². The lowest BCUT2D eigenvalue weighted by Gasteiger charge is -2.10. The van der Waals surface area contributed by atoms with Crippen LogP contribution in [0.15, 0.2) is 55.1 Å². The van der Waals surface area contributed by atoms with Crippen molar-refractivity contribution in [2.75, 3.05) is 23.8 Å². The Bertz CT molecular complexity index is 687. The Balaban J connectivity index is 1.85. The zero-order chi connectivity index (χ0) is 16.7. The van der Waals surface area contributed by atoms with Crippen LogP contribution in [0, 0.1) is 0 Å². The SMILES string of the molecule is C=CCOc1ccc(NCC(=O)Nc2ccc(Cl)cc2Cl)cc1. The highest BCUT2D eigenvalue weighted by Gasteiger charge is 2.06. The van der Waals surface area contributed by atoms with Gasteiger partial charge in [0, 0.05) is 10.7 Å². The summed E-state index contributed by atoms with van der Waals surface area (Å²) >= 11 is 11.8. The number of anilines is 2. The Morgan fingerprint density at radius 3 is 2.57 bits per heavy atom. The van der Waals surface area contributed by atoms with Gasteiger partial charge < -0.3 is 15.4 Å².